The molecule has 1 unspecified atom stereocenters. The van der Waals surface area contributed by atoms with Crippen LogP contribution >= 0.6 is 0 Å². The van der Waals surface area contributed by atoms with Crippen LogP contribution < -0.4 is 10.5 Å². The minimum atomic E-state index is -0.0933. The highest BCUT2D eigenvalue weighted by atomic mass is 16.5. The van der Waals surface area contributed by atoms with Crippen LogP contribution in [0, 0.1) is 0 Å². The van der Waals surface area contributed by atoms with Crippen LogP contribution in [0.5, 0.6) is 5.75 Å². The first-order chi connectivity index (χ1) is 9.78. The molecule has 2 aromatic carbocycles. The number of nitrogens with two attached hydrogens (primary N) is 1. The lowest BCUT2D eigenvalue weighted by Crippen LogP contribution is -2.18. The van der Waals surface area contributed by atoms with E-state index in [0.717, 1.165) is 22.2 Å². The maximum absolute atomic E-state index is 6.27. The second-order valence-corrected chi connectivity index (χ2v) is 4.77. The number of aromatic nitrogens is 2. The number of para-hydroxylation sites is 1. The number of ether oxygens (including phenoxy) is 1. The van der Waals surface area contributed by atoms with Crippen LogP contribution in [-0.2, 0) is 6.54 Å². The number of hydrogen-bond donors (Lipinski definition) is 1. The zero-order valence-electron chi connectivity index (χ0n) is 11.4. The van der Waals surface area contributed by atoms with Gasteiger partial charge in [0.1, 0.15) is 5.75 Å². The van der Waals surface area contributed by atoms with Crippen LogP contribution in [0.1, 0.15) is 11.6 Å². The fourth-order valence-corrected chi connectivity index (χ4v) is 2.31. The standard InChI is InChI=1S/C16H17N3O/c1-20-14-8-6-12(7-9-14)15(17)11-19-16-5-3-2-4-13(16)10-18-19/h2-10,15H,11,17H2,1H3. The summed E-state index contributed by atoms with van der Waals surface area (Å²) in [6.45, 7) is 0.653. The lowest BCUT2D eigenvalue weighted by atomic mass is 10.1. The average molecular weight is 267 g/mol. The third-order valence-electron chi connectivity index (χ3n) is 3.46. The van der Waals surface area contributed by atoms with Gasteiger partial charge in [0.25, 0.3) is 0 Å². The Labute approximate surface area is 117 Å². The molecule has 4 heteroatoms. The molecule has 1 heterocycles. The summed E-state index contributed by atoms with van der Waals surface area (Å²) in [5.74, 6) is 0.838. The van der Waals surface area contributed by atoms with Gasteiger partial charge in [0.15, 0.2) is 0 Å². The largest absolute Gasteiger partial charge is 0.497 e. The molecular weight excluding hydrogens is 250 g/mol. The third-order valence-corrected chi connectivity index (χ3v) is 3.46. The van der Waals surface area contributed by atoms with Gasteiger partial charge in [0.05, 0.1) is 25.4 Å². The molecule has 2 N–H and O–H groups in total. The molecule has 0 aliphatic carbocycles. The molecule has 0 aliphatic rings. The first-order valence-electron chi connectivity index (χ1n) is 6.58. The summed E-state index contributed by atoms with van der Waals surface area (Å²) in [7, 11) is 1.66. The van der Waals surface area contributed by atoms with E-state index in [9.17, 15) is 0 Å². The Hall–Kier alpha value is -2.33. The molecule has 4 nitrogen and oxygen atoms in total. The SMILES string of the molecule is COc1ccc(C(N)Cn2ncc3ccccc32)cc1. The first kappa shape index (κ1) is 12.7. The zero-order chi connectivity index (χ0) is 13.9. The van der Waals surface area contributed by atoms with Crippen molar-refractivity contribution in [1.29, 1.82) is 0 Å². The van der Waals surface area contributed by atoms with E-state index in [4.69, 9.17) is 10.5 Å². The molecule has 102 valence electrons. The highest BCUT2D eigenvalue weighted by Gasteiger charge is 2.09. The van der Waals surface area contributed by atoms with E-state index >= 15 is 0 Å². The van der Waals surface area contributed by atoms with Gasteiger partial charge in [-0.25, -0.2) is 0 Å². The maximum Gasteiger partial charge on any atom is 0.118 e. The van der Waals surface area contributed by atoms with Crippen molar-refractivity contribution in [3.63, 3.8) is 0 Å². The molecule has 1 atom stereocenters. The van der Waals surface area contributed by atoms with Crippen LogP contribution in [0.15, 0.2) is 54.7 Å². The maximum atomic E-state index is 6.27. The quantitative estimate of drug-likeness (QED) is 0.790. The molecule has 1 aromatic heterocycles. The van der Waals surface area contributed by atoms with Crippen LogP contribution in [0.25, 0.3) is 10.9 Å². The van der Waals surface area contributed by atoms with Crippen molar-refractivity contribution in [3.05, 3.63) is 60.3 Å². The molecule has 0 saturated carbocycles. The Bertz CT molecular complexity index is 703. The second kappa shape index (κ2) is 5.35. The smallest absolute Gasteiger partial charge is 0.118 e. The number of nitrogens with zero attached hydrogens (tertiary/aromatic N) is 2. The van der Waals surface area contributed by atoms with Crippen molar-refractivity contribution >= 4 is 10.9 Å². The van der Waals surface area contributed by atoms with Crippen molar-refractivity contribution in [2.45, 2.75) is 12.6 Å². The lowest BCUT2D eigenvalue weighted by Gasteiger charge is -2.13. The Balaban J connectivity index is 1.82. The second-order valence-electron chi connectivity index (χ2n) is 4.77. The number of fused-ring (bicyclic) bond motifs is 1. The van der Waals surface area contributed by atoms with Crippen molar-refractivity contribution in [1.82, 2.24) is 9.78 Å². The Morgan fingerprint density at radius 2 is 1.90 bits per heavy atom. The van der Waals surface area contributed by atoms with Gasteiger partial charge in [0, 0.05) is 11.4 Å². The molecule has 20 heavy (non-hydrogen) atoms. The molecule has 0 bridgehead atoms. The van der Waals surface area contributed by atoms with Gasteiger partial charge < -0.3 is 10.5 Å². The summed E-state index contributed by atoms with van der Waals surface area (Å²) in [6, 6.07) is 15.9. The third kappa shape index (κ3) is 2.38. The predicted octanol–water partition coefficient (Wildman–Crippen LogP) is 2.74. The molecule has 0 radical (unpaired) electrons. The number of benzene rings is 2. The summed E-state index contributed by atoms with van der Waals surface area (Å²) < 4.78 is 7.10. The molecule has 0 spiro atoms. The van der Waals surface area contributed by atoms with E-state index < -0.39 is 0 Å². The van der Waals surface area contributed by atoms with E-state index in [1.165, 1.54) is 0 Å². The number of methoxy groups -OCH3 is 1. The van der Waals surface area contributed by atoms with Crippen molar-refractivity contribution in [3.8, 4) is 5.75 Å². The summed E-state index contributed by atoms with van der Waals surface area (Å²) in [4.78, 5) is 0. The minimum absolute atomic E-state index is 0.0933. The number of hydrogen-bond acceptors (Lipinski definition) is 3. The molecule has 0 aliphatic heterocycles. The van der Waals surface area contributed by atoms with Gasteiger partial charge in [-0.05, 0) is 23.8 Å². The summed E-state index contributed by atoms with van der Waals surface area (Å²) >= 11 is 0. The summed E-state index contributed by atoms with van der Waals surface area (Å²) in [6.07, 6.45) is 1.87. The normalized spacial score (nSPS) is 12.5. The first-order valence-corrected chi connectivity index (χ1v) is 6.58. The minimum Gasteiger partial charge on any atom is -0.497 e. The van der Waals surface area contributed by atoms with E-state index in [-0.39, 0.29) is 6.04 Å². The number of rotatable bonds is 4. The van der Waals surface area contributed by atoms with E-state index in [1.54, 1.807) is 7.11 Å². The zero-order valence-corrected chi connectivity index (χ0v) is 11.4. The molecular formula is C16H17N3O. The van der Waals surface area contributed by atoms with Gasteiger partial charge in [-0.15, -0.1) is 0 Å². The highest BCUT2D eigenvalue weighted by Crippen LogP contribution is 2.19. The van der Waals surface area contributed by atoms with Gasteiger partial charge in [0.2, 0.25) is 0 Å². The summed E-state index contributed by atoms with van der Waals surface area (Å²) in [5, 5.41) is 5.54. The van der Waals surface area contributed by atoms with Gasteiger partial charge in [-0.3, -0.25) is 4.68 Å². The van der Waals surface area contributed by atoms with Crippen molar-refractivity contribution < 1.29 is 4.74 Å². The van der Waals surface area contributed by atoms with Gasteiger partial charge in [-0.1, -0.05) is 30.3 Å². The Morgan fingerprint density at radius 3 is 2.65 bits per heavy atom. The van der Waals surface area contributed by atoms with Crippen LogP contribution in [0.4, 0.5) is 0 Å². The molecule has 0 saturated heterocycles. The van der Waals surface area contributed by atoms with E-state index in [0.29, 0.717) is 6.54 Å². The fourth-order valence-electron chi connectivity index (χ4n) is 2.31. The Morgan fingerprint density at radius 1 is 1.15 bits per heavy atom. The van der Waals surface area contributed by atoms with Crippen LogP contribution in [0.2, 0.25) is 0 Å². The van der Waals surface area contributed by atoms with E-state index in [2.05, 4.69) is 17.2 Å². The predicted molar refractivity (Wildman–Crippen MR) is 79.7 cm³/mol. The van der Waals surface area contributed by atoms with Crippen LogP contribution in [0.3, 0.4) is 0 Å². The molecule has 3 rings (SSSR count). The van der Waals surface area contributed by atoms with Gasteiger partial charge >= 0.3 is 0 Å². The molecule has 0 fully saturated rings. The van der Waals surface area contributed by atoms with Crippen LogP contribution in [-0.4, -0.2) is 16.9 Å². The molecule has 3 aromatic rings. The summed E-state index contributed by atoms with van der Waals surface area (Å²) in [5.41, 5.74) is 8.45. The fraction of sp³-hybridized carbons (Fsp3) is 0.188. The lowest BCUT2D eigenvalue weighted by molar-refractivity contribution is 0.414. The van der Waals surface area contributed by atoms with Gasteiger partial charge in [-0.2, -0.15) is 5.10 Å². The van der Waals surface area contributed by atoms with Crippen molar-refractivity contribution in [2.24, 2.45) is 5.73 Å². The average Bonchev–Trinajstić information content (AvgIpc) is 2.91. The highest BCUT2D eigenvalue weighted by molar-refractivity contribution is 5.78. The van der Waals surface area contributed by atoms with E-state index in [1.807, 2.05) is 47.3 Å². The Kier molecular flexibility index (Phi) is 3.39. The molecule has 0 amide bonds. The monoisotopic (exact) mass is 267 g/mol. The van der Waals surface area contributed by atoms with Crippen molar-refractivity contribution in [2.75, 3.05) is 7.11 Å². The topological polar surface area (TPSA) is 53.1 Å².